The Bertz CT molecular complexity index is 3940. The van der Waals surface area contributed by atoms with Crippen LogP contribution in [-0.4, -0.2) is 15.0 Å². The molecule has 0 saturated heterocycles. The first-order valence-electron chi connectivity index (χ1n) is 20.8. The number of furan rings is 2. The minimum atomic E-state index is 0.596. The lowest BCUT2D eigenvalue weighted by Crippen LogP contribution is -2.01. The smallest absolute Gasteiger partial charge is 0.164 e. The molecule has 62 heavy (non-hydrogen) atoms. The van der Waals surface area contributed by atoms with Crippen LogP contribution in [0.25, 0.3) is 133 Å². The molecule has 0 fully saturated rings. The first-order valence-corrected chi connectivity index (χ1v) is 20.8. The van der Waals surface area contributed by atoms with Gasteiger partial charge in [-0.3, -0.25) is 0 Å². The average molecular weight is 792 g/mol. The van der Waals surface area contributed by atoms with E-state index in [1.165, 1.54) is 11.1 Å². The number of hydrogen-bond donors (Lipinski definition) is 0. The molecule has 0 spiro atoms. The molecule has 5 nitrogen and oxygen atoms in total. The molecule has 0 bridgehead atoms. The van der Waals surface area contributed by atoms with Crippen LogP contribution in [-0.2, 0) is 0 Å². The van der Waals surface area contributed by atoms with Crippen LogP contribution in [0.4, 0.5) is 0 Å². The predicted octanol–water partition coefficient (Wildman–Crippen LogP) is 15.5. The quantitative estimate of drug-likeness (QED) is 0.174. The van der Waals surface area contributed by atoms with Crippen LogP contribution in [0, 0.1) is 0 Å². The van der Waals surface area contributed by atoms with Crippen molar-refractivity contribution in [3.8, 4) is 56.4 Å². The van der Waals surface area contributed by atoms with Gasteiger partial charge in [-0.25, -0.2) is 15.0 Å². The van der Waals surface area contributed by atoms with E-state index in [1.54, 1.807) is 0 Å². The summed E-state index contributed by atoms with van der Waals surface area (Å²) in [5.41, 5.74) is 10.8. The van der Waals surface area contributed by atoms with Crippen LogP contribution < -0.4 is 0 Å². The van der Waals surface area contributed by atoms with Crippen molar-refractivity contribution in [2.45, 2.75) is 0 Å². The maximum absolute atomic E-state index is 6.31. The maximum atomic E-state index is 6.31. The Kier molecular flexibility index (Phi) is 7.54. The minimum absolute atomic E-state index is 0.596. The highest BCUT2D eigenvalue weighted by molar-refractivity contribution is 6.16. The van der Waals surface area contributed by atoms with Crippen molar-refractivity contribution in [2.24, 2.45) is 0 Å². The van der Waals surface area contributed by atoms with E-state index in [-0.39, 0.29) is 0 Å². The van der Waals surface area contributed by atoms with E-state index < -0.39 is 0 Å². The molecule has 0 aliphatic carbocycles. The SMILES string of the molecule is c1ccc(-c2ccc3cc(-c4nc(-c5ccc6cc7c(cc6c5)oc5ccccc57)nc(-c5cccc6c(-c7cccc8oc9ccccc9c78)cccc56)n4)ccc3c2)cc1. The summed E-state index contributed by atoms with van der Waals surface area (Å²) < 4.78 is 12.6. The van der Waals surface area contributed by atoms with Gasteiger partial charge in [0.1, 0.15) is 22.3 Å². The highest BCUT2D eigenvalue weighted by atomic mass is 16.3. The number of hydrogen-bond acceptors (Lipinski definition) is 5. The summed E-state index contributed by atoms with van der Waals surface area (Å²) in [5, 5.41) is 11.0. The molecule has 288 valence electrons. The molecule has 0 aliphatic heterocycles. The molecule has 10 aromatic carbocycles. The van der Waals surface area contributed by atoms with Gasteiger partial charge in [-0.1, -0.05) is 152 Å². The van der Waals surface area contributed by atoms with Crippen LogP contribution in [0.3, 0.4) is 0 Å². The van der Waals surface area contributed by atoms with Crippen LogP contribution in [0.5, 0.6) is 0 Å². The molecule has 13 rings (SSSR count). The summed E-state index contributed by atoms with van der Waals surface area (Å²) in [6.45, 7) is 0. The fourth-order valence-corrected chi connectivity index (χ4v) is 9.30. The molecule has 0 unspecified atom stereocenters. The Morgan fingerprint density at radius 2 is 0.774 bits per heavy atom. The number of aromatic nitrogens is 3. The Morgan fingerprint density at radius 1 is 0.258 bits per heavy atom. The molecule has 3 aromatic heterocycles. The normalized spacial score (nSPS) is 11.9. The zero-order valence-corrected chi connectivity index (χ0v) is 33.2. The molecule has 0 radical (unpaired) electrons. The molecule has 5 heteroatoms. The summed E-state index contributed by atoms with van der Waals surface area (Å²) in [5.74, 6) is 1.81. The zero-order valence-electron chi connectivity index (χ0n) is 33.2. The number of fused-ring (bicyclic) bond motifs is 9. The fraction of sp³-hybridized carbons (Fsp3) is 0. The van der Waals surface area contributed by atoms with E-state index >= 15 is 0 Å². The van der Waals surface area contributed by atoms with Crippen molar-refractivity contribution in [3.63, 3.8) is 0 Å². The first-order chi connectivity index (χ1) is 30.7. The number of benzene rings is 10. The van der Waals surface area contributed by atoms with Crippen molar-refractivity contribution in [2.75, 3.05) is 0 Å². The monoisotopic (exact) mass is 791 g/mol. The van der Waals surface area contributed by atoms with Crippen molar-refractivity contribution in [1.82, 2.24) is 15.0 Å². The topological polar surface area (TPSA) is 65.0 Å². The summed E-state index contributed by atoms with van der Waals surface area (Å²) >= 11 is 0. The van der Waals surface area contributed by atoms with E-state index in [2.05, 4.69) is 164 Å². The average Bonchev–Trinajstić information content (AvgIpc) is 3.90. The van der Waals surface area contributed by atoms with Gasteiger partial charge in [0, 0.05) is 38.2 Å². The van der Waals surface area contributed by atoms with E-state index in [9.17, 15) is 0 Å². The molecular weight excluding hydrogens is 759 g/mol. The van der Waals surface area contributed by atoms with Crippen molar-refractivity contribution >= 4 is 76.2 Å². The lowest BCUT2D eigenvalue weighted by molar-refractivity contribution is 0.669. The van der Waals surface area contributed by atoms with Gasteiger partial charge in [0.2, 0.25) is 0 Å². The molecule has 0 saturated carbocycles. The van der Waals surface area contributed by atoms with Gasteiger partial charge in [0.25, 0.3) is 0 Å². The Labute approximate surface area is 355 Å². The van der Waals surface area contributed by atoms with Crippen LogP contribution in [0.15, 0.2) is 209 Å². The van der Waals surface area contributed by atoms with E-state index in [0.717, 1.165) is 104 Å². The first kappa shape index (κ1) is 34.5. The Balaban J connectivity index is 0.998. The second-order valence-corrected chi connectivity index (χ2v) is 15.9. The Hall–Kier alpha value is -8.41. The standard InChI is InChI=1S/C57H33N3O2/c1-2-11-34(12-3-1)35-23-24-37-30-39(27-25-36(37)29-35)55-58-56(40-28-26-38-32-49-45-13-4-6-20-50(45)62-53(49)33-41(38)31-40)60-57(59-55)47-19-9-15-42-43(16-8-17-44(42)47)46-18-10-22-52-54(46)48-14-5-7-21-51(48)61-52/h1-33H. The molecule has 3 heterocycles. The fourth-order valence-electron chi connectivity index (χ4n) is 9.30. The van der Waals surface area contributed by atoms with Gasteiger partial charge < -0.3 is 8.83 Å². The highest BCUT2D eigenvalue weighted by Crippen LogP contribution is 2.41. The number of rotatable bonds is 5. The summed E-state index contributed by atoms with van der Waals surface area (Å²) in [4.78, 5) is 15.8. The molecule has 13 aromatic rings. The summed E-state index contributed by atoms with van der Waals surface area (Å²) in [7, 11) is 0. The molecular formula is C57H33N3O2. The zero-order chi connectivity index (χ0) is 40.7. The Morgan fingerprint density at radius 3 is 1.55 bits per heavy atom. The summed E-state index contributed by atoms with van der Waals surface area (Å²) in [6, 6.07) is 70.0. The van der Waals surface area contributed by atoms with E-state index in [4.69, 9.17) is 23.8 Å². The molecule has 0 amide bonds. The van der Waals surface area contributed by atoms with Gasteiger partial charge in [-0.05, 0) is 103 Å². The van der Waals surface area contributed by atoms with Gasteiger partial charge in [0.05, 0.1) is 0 Å². The molecule has 0 atom stereocenters. The third kappa shape index (κ3) is 5.52. The lowest BCUT2D eigenvalue weighted by Gasteiger charge is -2.13. The van der Waals surface area contributed by atoms with Crippen molar-refractivity contribution < 1.29 is 8.83 Å². The highest BCUT2D eigenvalue weighted by Gasteiger charge is 2.19. The van der Waals surface area contributed by atoms with Crippen LogP contribution >= 0.6 is 0 Å². The third-order valence-corrected chi connectivity index (χ3v) is 12.3. The van der Waals surface area contributed by atoms with Crippen molar-refractivity contribution in [3.05, 3.63) is 200 Å². The van der Waals surface area contributed by atoms with Gasteiger partial charge >= 0.3 is 0 Å². The van der Waals surface area contributed by atoms with E-state index in [0.29, 0.717) is 17.5 Å². The molecule has 0 aliphatic rings. The van der Waals surface area contributed by atoms with Gasteiger partial charge in [0.15, 0.2) is 17.5 Å². The maximum Gasteiger partial charge on any atom is 0.164 e. The van der Waals surface area contributed by atoms with E-state index in [1.807, 2.05) is 36.4 Å². The largest absolute Gasteiger partial charge is 0.456 e. The summed E-state index contributed by atoms with van der Waals surface area (Å²) in [6.07, 6.45) is 0. The lowest BCUT2D eigenvalue weighted by atomic mass is 9.93. The number of nitrogens with zero attached hydrogens (tertiary/aromatic N) is 3. The predicted molar refractivity (Wildman–Crippen MR) is 254 cm³/mol. The third-order valence-electron chi connectivity index (χ3n) is 12.3. The second-order valence-electron chi connectivity index (χ2n) is 15.9. The van der Waals surface area contributed by atoms with Crippen LogP contribution in [0.2, 0.25) is 0 Å². The van der Waals surface area contributed by atoms with Crippen LogP contribution in [0.1, 0.15) is 0 Å². The minimum Gasteiger partial charge on any atom is -0.456 e. The van der Waals surface area contributed by atoms with Gasteiger partial charge in [-0.15, -0.1) is 0 Å². The van der Waals surface area contributed by atoms with Gasteiger partial charge in [-0.2, -0.15) is 0 Å². The molecule has 0 N–H and O–H groups in total. The van der Waals surface area contributed by atoms with Crippen molar-refractivity contribution in [1.29, 1.82) is 0 Å². The number of para-hydroxylation sites is 2. The second kappa shape index (κ2) is 13.6.